The van der Waals surface area contributed by atoms with Crippen molar-refractivity contribution in [1.82, 2.24) is 14.9 Å². The van der Waals surface area contributed by atoms with Crippen molar-refractivity contribution >= 4 is 13.2 Å². The third-order valence-corrected chi connectivity index (χ3v) is 6.46. The molecule has 0 bridgehead atoms. The van der Waals surface area contributed by atoms with Crippen molar-refractivity contribution in [2.45, 2.75) is 52.2 Å². The number of nitrogens with one attached hydrogen (secondary N) is 2. The molecule has 2 rings (SSSR count). The summed E-state index contributed by atoms with van der Waals surface area (Å²) < 4.78 is 7.45. The SMILES string of the molecule is C=P(C)(C)CC[C@H]1O[C@@H](n2cc(CNCC=C(C)C)c(=O)[nH]c2=O)[C@H](C)[C@@H]1O. The van der Waals surface area contributed by atoms with Crippen LogP contribution in [0.5, 0.6) is 0 Å². The van der Waals surface area contributed by atoms with Crippen LogP contribution in [0, 0.1) is 5.92 Å². The molecule has 4 atom stereocenters. The van der Waals surface area contributed by atoms with Gasteiger partial charge in [0.15, 0.2) is 0 Å². The average molecular weight is 411 g/mol. The fraction of sp³-hybridized carbons (Fsp3) is 0.650. The minimum atomic E-state index is -1.22. The number of hydrogen-bond donors (Lipinski definition) is 3. The molecule has 28 heavy (non-hydrogen) atoms. The van der Waals surface area contributed by atoms with E-state index < -0.39 is 30.5 Å². The van der Waals surface area contributed by atoms with Gasteiger partial charge in [0.2, 0.25) is 0 Å². The highest BCUT2D eigenvalue weighted by atomic mass is 31.2. The fourth-order valence-corrected chi connectivity index (χ4v) is 4.20. The van der Waals surface area contributed by atoms with Gasteiger partial charge in [-0.1, -0.05) is 18.6 Å². The summed E-state index contributed by atoms with van der Waals surface area (Å²) in [5.41, 5.74) is 0.720. The van der Waals surface area contributed by atoms with Gasteiger partial charge in [-0.15, -0.1) is 13.2 Å². The van der Waals surface area contributed by atoms with E-state index in [0.29, 0.717) is 25.1 Å². The first-order valence-corrected chi connectivity index (χ1v) is 12.7. The molecule has 1 aromatic heterocycles. The summed E-state index contributed by atoms with van der Waals surface area (Å²) in [6, 6.07) is 0. The molecule has 0 amide bonds. The standard InChI is InChI=1S/C20H34N3O4P/c1-13(2)7-9-21-11-15-12-23(20(26)22-18(15)25)19-14(3)17(24)16(27-19)8-10-28(4,5)6/h7,12,14,16-17,19,21,24H,4,8-11H2,1-3,5-6H3,(H,22,25,26)/t14-,16-,17+,19-/m1/s1. The Kier molecular flexibility index (Phi) is 7.68. The molecule has 3 N–H and O–H groups in total. The van der Waals surface area contributed by atoms with Crippen LogP contribution in [0.4, 0.5) is 0 Å². The van der Waals surface area contributed by atoms with Crippen LogP contribution in [0.2, 0.25) is 0 Å². The summed E-state index contributed by atoms with van der Waals surface area (Å²) in [5.74, 6) is -0.258. The number of allylic oxidation sites excluding steroid dienone is 1. The maximum Gasteiger partial charge on any atom is 0.330 e. The van der Waals surface area contributed by atoms with Crippen molar-refractivity contribution in [3.63, 3.8) is 0 Å². The Balaban J connectivity index is 2.18. The molecule has 1 saturated heterocycles. The van der Waals surface area contributed by atoms with Gasteiger partial charge in [-0.25, -0.2) is 4.79 Å². The molecule has 0 unspecified atom stereocenters. The zero-order chi connectivity index (χ0) is 21.1. The number of nitrogens with zero attached hydrogens (tertiary/aromatic N) is 1. The maximum absolute atomic E-state index is 12.4. The van der Waals surface area contributed by atoms with Crippen LogP contribution >= 0.6 is 6.89 Å². The highest BCUT2D eigenvalue weighted by Crippen LogP contribution is 2.40. The van der Waals surface area contributed by atoms with Crippen LogP contribution in [-0.4, -0.2) is 59.2 Å². The minimum absolute atomic E-state index is 0.258. The minimum Gasteiger partial charge on any atom is -0.390 e. The van der Waals surface area contributed by atoms with Gasteiger partial charge in [-0.3, -0.25) is 14.3 Å². The van der Waals surface area contributed by atoms with Crippen LogP contribution in [0.15, 0.2) is 27.4 Å². The van der Waals surface area contributed by atoms with Crippen LogP contribution in [0.3, 0.4) is 0 Å². The van der Waals surface area contributed by atoms with E-state index in [1.54, 1.807) is 6.20 Å². The molecular weight excluding hydrogens is 377 g/mol. The second kappa shape index (κ2) is 9.40. The third kappa shape index (κ3) is 6.05. The quantitative estimate of drug-likeness (QED) is 0.343. The zero-order valence-electron chi connectivity index (χ0n) is 17.6. The number of hydrogen-bond acceptors (Lipinski definition) is 5. The Morgan fingerprint density at radius 2 is 2.11 bits per heavy atom. The van der Waals surface area contributed by atoms with Crippen molar-refractivity contribution in [2.24, 2.45) is 5.92 Å². The Labute approximate surface area is 166 Å². The van der Waals surface area contributed by atoms with Crippen molar-refractivity contribution in [2.75, 3.05) is 26.0 Å². The monoisotopic (exact) mass is 411 g/mol. The highest BCUT2D eigenvalue weighted by Gasteiger charge is 2.42. The lowest BCUT2D eigenvalue weighted by atomic mass is 10.0. The molecule has 0 aliphatic carbocycles. The topological polar surface area (TPSA) is 96.4 Å². The Hall–Kier alpha value is -1.40. The van der Waals surface area contributed by atoms with E-state index in [2.05, 4.69) is 29.9 Å². The molecule has 7 nitrogen and oxygen atoms in total. The first-order chi connectivity index (χ1) is 13.0. The summed E-state index contributed by atoms with van der Waals surface area (Å²) in [7, 11) is 0. The predicted molar refractivity (Wildman–Crippen MR) is 117 cm³/mol. The van der Waals surface area contributed by atoms with Crippen LogP contribution in [0.1, 0.15) is 39.0 Å². The van der Waals surface area contributed by atoms with Crippen molar-refractivity contribution in [3.05, 3.63) is 44.2 Å². The second-order valence-electron chi connectivity index (χ2n) is 8.60. The van der Waals surface area contributed by atoms with Gasteiger partial charge in [0.25, 0.3) is 5.56 Å². The normalized spacial score (nSPS) is 25.1. The fourth-order valence-electron chi connectivity index (χ4n) is 3.25. The smallest absolute Gasteiger partial charge is 0.330 e. The number of rotatable bonds is 8. The van der Waals surface area contributed by atoms with Crippen LogP contribution in [-0.2, 0) is 11.3 Å². The van der Waals surface area contributed by atoms with E-state index >= 15 is 0 Å². The third-order valence-electron chi connectivity index (χ3n) is 4.99. The van der Waals surface area contributed by atoms with Gasteiger partial charge < -0.3 is 15.2 Å². The number of aromatic amines is 1. The molecule has 1 fully saturated rings. The van der Waals surface area contributed by atoms with Gasteiger partial charge in [0.1, 0.15) is 6.23 Å². The van der Waals surface area contributed by atoms with Gasteiger partial charge in [0, 0.05) is 30.8 Å². The average Bonchev–Trinajstić information content (AvgIpc) is 2.86. The molecule has 158 valence electrons. The van der Waals surface area contributed by atoms with Gasteiger partial charge >= 0.3 is 5.69 Å². The molecule has 2 heterocycles. The molecule has 8 heteroatoms. The largest absolute Gasteiger partial charge is 0.390 e. The summed E-state index contributed by atoms with van der Waals surface area (Å²) in [5, 5.41) is 13.8. The zero-order valence-corrected chi connectivity index (χ0v) is 18.5. The van der Waals surface area contributed by atoms with Gasteiger partial charge in [-0.05, 0) is 39.8 Å². The predicted octanol–water partition coefficient (Wildman–Crippen LogP) is 1.59. The lowest BCUT2D eigenvalue weighted by Gasteiger charge is -2.19. The first kappa shape index (κ1) is 22.9. The van der Waals surface area contributed by atoms with E-state index in [9.17, 15) is 14.7 Å². The second-order valence-corrected chi connectivity index (χ2v) is 12.9. The Morgan fingerprint density at radius 1 is 1.43 bits per heavy atom. The lowest BCUT2D eigenvalue weighted by molar-refractivity contribution is -0.0247. The van der Waals surface area contributed by atoms with E-state index in [4.69, 9.17) is 4.74 Å². The molecule has 1 aliphatic rings. The number of aliphatic hydroxyl groups is 1. The number of aromatic nitrogens is 2. The summed E-state index contributed by atoms with van der Waals surface area (Å²) in [6.45, 7) is 9.93. The molecule has 0 aromatic carbocycles. The van der Waals surface area contributed by atoms with Gasteiger partial charge in [0.05, 0.1) is 12.2 Å². The Bertz CT molecular complexity index is 863. The molecule has 0 radical (unpaired) electrons. The van der Waals surface area contributed by atoms with E-state index in [0.717, 1.165) is 6.16 Å². The Morgan fingerprint density at radius 3 is 2.71 bits per heavy atom. The first-order valence-electron chi connectivity index (χ1n) is 9.69. The molecule has 0 spiro atoms. The van der Waals surface area contributed by atoms with E-state index in [-0.39, 0.29) is 12.0 Å². The molecule has 1 aromatic rings. The van der Waals surface area contributed by atoms with Crippen molar-refractivity contribution in [1.29, 1.82) is 0 Å². The molecular formula is C20H34N3O4P. The molecule has 1 aliphatic heterocycles. The van der Waals surface area contributed by atoms with Gasteiger partial charge in [-0.2, -0.15) is 0 Å². The summed E-state index contributed by atoms with van der Waals surface area (Å²) in [6.07, 6.45) is 7.80. The van der Waals surface area contributed by atoms with E-state index in [1.165, 1.54) is 10.1 Å². The van der Waals surface area contributed by atoms with Crippen molar-refractivity contribution < 1.29 is 9.84 Å². The lowest BCUT2D eigenvalue weighted by Crippen LogP contribution is -2.37. The number of H-pyrrole nitrogens is 1. The highest BCUT2D eigenvalue weighted by molar-refractivity contribution is 7.72. The van der Waals surface area contributed by atoms with E-state index in [1.807, 2.05) is 26.8 Å². The number of aliphatic hydroxyl groups excluding tert-OH is 1. The van der Waals surface area contributed by atoms with Crippen LogP contribution < -0.4 is 16.6 Å². The summed E-state index contributed by atoms with van der Waals surface area (Å²) >= 11 is 0. The maximum atomic E-state index is 12.4. The number of ether oxygens (including phenoxy) is 1. The molecule has 0 saturated carbocycles. The van der Waals surface area contributed by atoms with Crippen LogP contribution in [0.25, 0.3) is 0 Å². The summed E-state index contributed by atoms with van der Waals surface area (Å²) in [4.78, 5) is 26.9. The van der Waals surface area contributed by atoms with Crippen molar-refractivity contribution in [3.8, 4) is 0 Å².